The molecule has 0 saturated carbocycles. The molecule has 3 N–H and O–H groups in total. The third-order valence-electron chi connectivity index (χ3n) is 4.12. The van der Waals surface area contributed by atoms with Crippen molar-refractivity contribution < 1.29 is 9.59 Å². The van der Waals surface area contributed by atoms with Crippen LogP contribution in [0.15, 0.2) is 30.3 Å². The van der Waals surface area contributed by atoms with E-state index in [-0.39, 0.29) is 30.4 Å². The van der Waals surface area contributed by atoms with Crippen LogP contribution in [0.3, 0.4) is 0 Å². The molecule has 120 valence electrons. The molecule has 5 nitrogen and oxygen atoms in total. The van der Waals surface area contributed by atoms with E-state index in [1.807, 2.05) is 42.2 Å². The number of likely N-dealkylation sites (tertiary alicyclic amines) is 1. The fourth-order valence-electron chi connectivity index (χ4n) is 2.93. The molecule has 5 heteroatoms. The van der Waals surface area contributed by atoms with Gasteiger partial charge in [0.05, 0.1) is 13.0 Å². The summed E-state index contributed by atoms with van der Waals surface area (Å²) >= 11 is 0. The van der Waals surface area contributed by atoms with Crippen molar-refractivity contribution in [3.63, 3.8) is 0 Å². The van der Waals surface area contributed by atoms with Crippen molar-refractivity contribution in [1.82, 2.24) is 10.2 Å². The first-order valence-electron chi connectivity index (χ1n) is 7.93. The number of benzene rings is 1. The van der Waals surface area contributed by atoms with E-state index in [0.717, 1.165) is 31.4 Å². The highest BCUT2D eigenvalue weighted by Gasteiger charge is 2.28. The maximum atomic E-state index is 12.3. The summed E-state index contributed by atoms with van der Waals surface area (Å²) in [6, 6.07) is 9.56. The number of hydrogen-bond donors (Lipinski definition) is 2. The average Bonchev–Trinajstić information content (AvgIpc) is 2.53. The molecule has 1 aromatic rings. The monoisotopic (exact) mass is 303 g/mol. The van der Waals surface area contributed by atoms with E-state index in [4.69, 9.17) is 5.73 Å². The average molecular weight is 303 g/mol. The molecule has 0 aliphatic carbocycles. The minimum absolute atomic E-state index is 0.0377. The number of nitrogens with one attached hydrogen (secondary N) is 1. The lowest BCUT2D eigenvalue weighted by atomic mass is 9.97. The highest BCUT2D eigenvalue weighted by atomic mass is 16.2. The summed E-state index contributed by atoms with van der Waals surface area (Å²) in [5.41, 5.74) is 6.92. The van der Waals surface area contributed by atoms with Crippen LogP contribution in [0.25, 0.3) is 0 Å². The maximum absolute atomic E-state index is 12.3. The van der Waals surface area contributed by atoms with Crippen molar-refractivity contribution in [3.8, 4) is 0 Å². The normalized spacial score (nSPS) is 19.5. The third kappa shape index (κ3) is 4.56. The Hall–Kier alpha value is -1.88. The molecule has 22 heavy (non-hydrogen) atoms. The number of carbonyl (C=O) groups excluding carboxylic acids is 2. The van der Waals surface area contributed by atoms with E-state index < -0.39 is 0 Å². The molecule has 0 aromatic heterocycles. The molecule has 0 bridgehead atoms. The van der Waals surface area contributed by atoms with Gasteiger partial charge >= 0.3 is 0 Å². The minimum Gasteiger partial charge on any atom is -0.347 e. The van der Waals surface area contributed by atoms with Gasteiger partial charge in [0.1, 0.15) is 0 Å². The van der Waals surface area contributed by atoms with Crippen molar-refractivity contribution in [1.29, 1.82) is 0 Å². The molecule has 2 amide bonds. The lowest BCUT2D eigenvalue weighted by Gasteiger charge is -2.38. The van der Waals surface area contributed by atoms with Crippen LogP contribution in [-0.4, -0.2) is 41.9 Å². The summed E-state index contributed by atoms with van der Waals surface area (Å²) in [7, 11) is 0. The summed E-state index contributed by atoms with van der Waals surface area (Å²) in [6.07, 6.45) is 3.36. The van der Waals surface area contributed by atoms with Crippen LogP contribution in [0, 0.1) is 0 Å². The lowest BCUT2D eigenvalue weighted by molar-refractivity contribution is -0.136. The standard InChI is InChI=1S/C17H25N3O2/c1-13(18)15-9-5-6-10-20(15)17(22)12-19-16(21)11-14-7-3-2-4-8-14/h2-4,7-8,13,15H,5-6,9-12,18H2,1H3,(H,19,21). The predicted octanol–water partition coefficient (Wildman–Crippen LogP) is 1.07. The number of hydrogen-bond acceptors (Lipinski definition) is 3. The Balaban J connectivity index is 1.82. The summed E-state index contributed by atoms with van der Waals surface area (Å²) in [4.78, 5) is 26.1. The molecule has 0 spiro atoms. The Labute approximate surface area is 131 Å². The fourth-order valence-corrected chi connectivity index (χ4v) is 2.93. The van der Waals surface area contributed by atoms with E-state index in [1.165, 1.54) is 0 Å². The minimum atomic E-state index is -0.131. The van der Waals surface area contributed by atoms with Gasteiger partial charge in [0.15, 0.2) is 0 Å². The predicted molar refractivity (Wildman–Crippen MR) is 86.2 cm³/mol. The van der Waals surface area contributed by atoms with E-state index in [9.17, 15) is 9.59 Å². The van der Waals surface area contributed by atoms with Crippen LogP contribution in [-0.2, 0) is 16.0 Å². The number of rotatable bonds is 5. The summed E-state index contributed by atoms with van der Waals surface area (Å²) in [5, 5.41) is 2.72. The molecule has 1 aromatic carbocycles. The van der Waals surface area contributed by atoms with Gasteiger partial charge in [0.2, 0.25) is 11.8 Å². The smallest absolute Gasteiger partial charge is 0.242 e. The van der Waals surface area contributed by atoms with E-state index in [1.54, 1.807) is 0 Å². The Morgan fingerprint density at radius 1 is 1.32 bits per heavy atom. The molecule has 1 aliphatic heterocycles. The fraction of sp³-hybridized carbons (Fsp3) is 0.529. The number of piperidine rings is 1. The highest BCUT2D eigenvalue weighted by Crippen LogP contribution is 2.18. The van der Waals surface area contributed by atoms with Gasteiger partial charge in [-0.15, -0.1) is 0 Å². The van der Waals surface area contributed by atoms with Gasteiger partial charge in [-0.1, -0.05) is 30.3 Å². The quantitative estimate of drug-likeness (QED) is 0.854. The van der Waals surface area contributed by atoms with Crippen LogP contribution in [0.4, 0.5) is 0 Å². The molecule has 0 radical (unpaired) electrons. The molecular weight excluding hydrogens is 278 g/mol. The van der Waals surface area contributed by atoms with Crippen molar-refractivity contribution in [2.45, 2.75) is 44.7 Å². The molecule has 1 saturated heterocycles. The first kappa shape index (κ1) is 16.5. The van der Waals surface area contributed by atoms with Gasteiger partial charge in [-0.3, -0.25) is 9.59 Å². The Morgan fingerprint density at radius 3 is 2.73 bits per heavy atom. The summed E-state index contributed by atoms with van der Waals surface area (Å²) in [6.45, 7) is 2.72. The van der Waals surface area contributed by atoms with E-state index in [0.29, 0.717) is 6.42 Å². The van der Waals surface area contributed by atoms with E-state index in [2.05, 4.69) is 5.32 Å². The number of carbonyl (C=O) groups is 2. The number of amides is 2. The van der Waals surface area contributed by atoms with Crippen molar-refractivity contribution in [2.24, 2.45) is 5.73 Å². The van der Waals surface area contributed by atoms with Gasteiger partial charge in [-0.2, -0.15) is 0 Å². The SMILES string of the molecule is CC(N)C1CCCCN1C(=O)CNC(=O)Cc1ccccc1. The maximum Gasteiger partial charge on any atom is 0.242 e. The zero-order valence-electron chi connectivity index (χ0n) is 13.1. The van der Waals surface area contributed by atoms with Gasteiger partial charge in [-0.25, -0.2) is 0 Å². The van der Waals surface area contributed by atoms with Crippen LogP contribution in [0.1, 0.15) is 31.7 Å². The second-order valence-electron chi connectivity index (χ2n) is 5.95. The lowest BCUT2D eigenvalue weighted by Crippen LogP contribution is -2.54. The molecular formula is C17H25N3O2. The van der Waals surface area contributed by atoms with Crippen LogP contribution < -0.4 is 11.1 Å². The second-order valence-corrected chi connectivity index (χ2v) is 5.95. The summed E-state index contributed by atoms with van der Waals surface area (Å²) in [5.74, 6) is -0.169. The first-order chi connectivity index (χ1) is 10.6. The van der Waals surface area contributed by atoms with Gasteiger partial charge in [-0.05, 0) is 31.7 Å². The third-order valence-corrected chi connectivity index (χ3v) is 4.12. The zero-order chi connectivity index (χ0) is 15.9. The Bertz CT molecular complexity index is 502. The molecule has 2 atom stereocenters. The van der Waals surface area contributed by atoms with Crippen molar-refractivity contribution in [2.75, 3.05) is 13.1 Å². The van der Waals surface area contributed by atoms with Crippen LogP contribution in [0.5, 0.6) is 0 Å². The van der Waals surface area contributed by atoms with Crippen molar-refractivity contribution >= 4 is 11.8 Å². The zero-order valence-corrected chi connectivity index (χ0v) is 13.1. The molecule has 2 unspecified atom stereocenters. The topological polar surface area (TPSA) is 75.4 Å². The number of nitrogens with two attached hydrogens (primary N) is 1. The molecule has 1 heterocycles. The molecule has 1 aliphatic rings. The number of nitrogens with zero attached hydrogens (tertiary/aromatic N) is 1. The van der Waals surface area contributed by atoms with Gasteiger partial charge in [0.25, 0.3) is 0 Å². The largest absolute Gasteiger partial charge is 0.347 e. The molecule has 1 fully saturated rings. The van der Waals surface area contributed by atoms with Gasteiger partial charge < -0.3 is 16.0 Å². The van der Waals surface area contributed by atoms with Gasteiger partial charge in [0, 0.05) is 18.6 Å². The van der Waals surface area contributed by atoms with E-state index >= 15 is 0 Å². The first-order valence-corrected chi connectivity index (χ1v) is 7.93. The van der Waals surface area contributed by atoms with Crippen molar-refractivity contribution in [3.05, 3.63) is 35.9 Å². The molecule has 2 rings (SSSR count). The summed E-state index contributed by atoms with van der Waals surface area (Å²) < 4.78 is 0. The van der Waals surface area contributed by atoms with Crippen LogP contribution in [0.2, 0.25) is 0 Å². The van der Waals surface area contributed by atoms with Crippen LogP contribution >= 0.6 is 0 Å². The highest BCUT2D eigenvalue weighted by molar-refractivity contribution is 5.86. The second kappa shape index (κ2) is 7.94. The Morgan fingerprint density at radius 2 is 2.05 bits per heavy atom. The Kier molecular flexibility index (Phi) is 5.95.